The summed E-state index contributed by atoms with van der Waals surface area (Å²) in [5, 5.41) is 5.20. The van der Waals surface area contributed by atoms with Crippen LogP contribution in [0.1, 0.15) is 42.0 Å². The number of hydrogen-bond donors (Lipinski definition) is 1. The molecule has 1 unspecified atom stereocenters. The lowest BCUT2D eigenvalue weighted by Crippen LogP contribution is -2.57. The molecule has 1 saturated heterocycles. The summed E-state index contributed by atoms with van der Waals surface area (Å²) in [4.78, 5) is 41.3. The molecule has 0 aromatic heterocycles. The summed E-state index contributed by atoms with van der Waals surface area (Å²) in [7, 11) is 4.04. The highest BCUT2D eigenvalue weighted by Gasteiger charge is 2.43. The van der Waals surface area contributed by atoms with Crippen molar-refractivity contribution in [2.24, 2.45) is 0 Å². The van der Waals surface area contributed by atoms with Gasteiger partial charge in [-0.2, -0.15) is 0 Å². The van der Waals surface area contributed by atoms with Gasteiger partial charge in [-0.3, -0.25) is 9.80 Å². The Bertz CT molecular complexity index is 1730. The number of benzene rings is 3. The number of likely N-dealkylation sites (tertiary alicyclic amines) is 1. The molecule has 10 nitrogen and oxygen atoms in total. The SMILES string of the molecule is COCC1=C(C(=O)OC)C(c2cc(F)cc(F)c2)N(N(C=O)CCCN2CCC(c3ccc(Cl)cc3)(c3cc(F)ccc3OC)CC2)C(=O)N1. The highest BCUT2D eigenvalue weighted by atomic mass is 35.5. The number of carbonyl (C=O) groups excluding carboxylic acids is 3. The smallest absolute Gasteiger partial charge is 0.341 e. The quantitative estimate of drug-likeness (QED) is 0.178. The number of nitrogens with one attached hydrogen (secondary N) is 1. The summed E-state index contributed by atoms with van der Waals surface area (Å²) in [6.07, 6.45) is 2.08. The van der Waals surface area contributed by atoms with Crippen molar-refractivity contribution in [2.45, 2.75) is 30.7 Å². The fraction of sp³-hybridized carbons (Fsp3) is 0.361. The van der Waals surface area contributed by atoms with Crippen molar-refractivity contribution in [3.05, 3.63) is 111 Å². The normalized spacial score (nSPS) is 17.7. The number of amides is 3. The number of methoxy groups -OCH3 is 3. The fourth-order valence-corrected chi connectivity index (χ4v) is 7.06. The average Bonchev–Trinajstić information content (AvgIpc) is 3.10. The molecule has 14 heteroatoms. The second kappa shape index (κ2) is 16.0. The number of carbonyl (C=O) groups is 3. The molecule has 50 heavy (non-hydrogen) atoms. The van der Waals surface area contributed by atoms with E-state index in [2.05, 4.69) is 10.2 Å². The fourth-order valence-electron chi connectivity index (χ4n) is 6.93. The number of ether oxygens (including phenoxy) is 3. The summed E-state index contributed by atoms with van der Waals surface area (Å²) in [6.45, 7) is 1.57. The van der Waals surface area contributed by atoms with Crippen molar-refractivity contribution in [2.75, 3.05) is 54.1 Å². The second-order valence-corrected chi connectivity index (χ2v) is 12.5. The lowest BCUT2D eigenvalue weighted by atomic mass is 9.67. The molecule has 1 fully saturated rings. The van der Waals surface area contributed by atoms with Crippen LogP contribution in [0, 0.1) is 17.5 Å². The van der Waals surface area contributed by atoms with E-state index >= 15 is 0 Å². The first-order valence-corrected chi connectivity index (χ1v) is 16.3. The first kappa shape index (κ1) is 36.7. The number of hydrazine groups is 1. The third-order valence-corrected chi connectivity index (χ3v) is 9.50. The molecule has 1 atom stereocenters. The van der Waals surface area contributed by atoms with Gasteiger partial charge in [-0.05, 0) is 92.5 Å². The van der Waals surface area contributed by atoms with Crippen LogP contribution < -0.4 is 10.1 Å². The first-order valence-electron chi connectivity index (χ1n) is 16.0. The van der Waals surface area contributed by atoms with Crippen LogP contribution in [-0.4, -0.2) is 87.4 Å². The van der Waals surface area contributed by atoms with Gasteiger partial charge in [0.2, 0.25) is 6.41 Å². The average molecular weight is 715 g/mol. The standard InChI is InChI=1S/C36H38ClF3N4O6/c1-48-21-30-32(34(46)50-3)33(23-17-27(39)19-28(40)18-23)44(35(47)41-30)43(22-45)14-4-13-42-15-11-36(12-16-42,24-5-7-25(37)8-6-24)29-20-26(38)9-10-31(29)49-2/h5-10,17-20,22,33H,4,11-16,21H2,1-3H3,(H,41,47). The Morgan fingerprint density at radius 3 is 2.28 bits per heavy atom. The number of nitrogens with zero attached hydrogens (tertiary/aromatic N) is 3. The highest BCUT2D eigenvalue weighted by Crippen LogP contribution is 2.46. The van der Waals surface area contributed by atoms with Crippen LogP contribution in [0.3, 0.4) is 0 Å². The van der Waals surface area contributed by atoms with E-state index in [1.165, 1.54) is 19.2 Å². The molecule has 3 amide bonds. The van der Waals surface area contributed by atoms with E-state index in [0.29, 0.717) is 62.1 Å². The van der Waals surface area contributed by atoms with Crippen molar-refractivity contribution in [1.29, 1.82) is 0 Å². The zero-order valence-electron chi connectivity index (χ0n) is 27.9. The van der Waals surface area contributed by atoms with Gasteiger partial charge in [0.1, 0.15) is 29.2 Å². The largest absolute Gasteiger partial charge is 0.496 e. The lowest BCUT2D eigenvalue weighted by molar-refractivity contribution is -0.141. The number of piperidine rings is 1. The van der Waals surface area contributed by atoms with Crippen LogP contribution in [0.25, 0.3) is 0 Å². The van der Waals surface area contributed by atoms with Gasteiger partial charge in [0.05, 0.1) is 32.1 Å². The van der Waals surface area contributed by atoms with Crippen molar-refractivity contribution in [3.8, 4) is 5.75 Å². The minimum Gasteiger partial charge on any atom is -0.496 e. The number of hydrogen-bond acceptors (Lipinski definition) is 7. The van der Waals surface area contributed by atoms with Crippen molar-refractivity contribution in [1.82, 2.24) is 20.2 Å². The molecule has 2 aliphatic rings. The van der Waals surface area contributed by atoms with Crippen LogP contribution >= 0.6 is 11.6 Å². The maximum atomic E-state index is 14.6. The molecule has 0 radical (unpaired) electrons. The van der Waals surface area contributed by atoms with E-state index in [1.54, 1.807) is 13.2 Å². The van der Waals surface area contributed by atoms with E-state index in [1.807, 2.05) is 24.3 Å². The Morgan fingerprint density at radius 1 is 1.00 bits per heavy atom. The topological polar surface area (TPSA) is 101 Å². The van der Waals surface area contributed by atoms with Gasteiger partial charge in [-0.1, -0.05) is 23.7 Å². The number of urea groups is 1. The van der Waals surface area contributed by atoms with E-state index < -0.39 is 35.1 Å². The predicted octanol–water partition coefficient (Wildman–Crippen LogP) is 5.75. The summed E-state index contributed by atoms with van der Waals surface area (Å²) in [5.41, 5.74) is 0.976. The molecule has 5 rings (SSSR count). The molecule has 0 bridgehead atoms. The van der Waals surface area contributed by atoms with Crippen LogP contribution in [0.5, 0.6) is 5.75 Å². The van der Waals surface area contributed by atoms with Crippen LogP contribution in [-0.2, 0) is 24.5 Å². The van der Waals surface area contributed by atoms with Crippen molar-refractivity contribution < 1.29 is 41.8 Å². The molecule has 0 spiro atoms. The van der Waals surface area contributed by atoms with Gasteiger partial charge >= 0.3 is 12.0 Å². The Kier molecular flexibility index (Phi) is 11.7. The summed E-state index contributed by atoms with van der Waals surface area (Å²) in [5.74, 6) is -2.53. The zero-order valence-corrected chi connectivity index (χ0v) is 28.6. The molecule has 266 valence electrons. The molecule has 0 saturated carbocycles. The summed E-state index contributed by atoms with van der Waals surface area (Å²) >= 11 is 6.20. The predicted molar refractivity (Wildman–Crippen MR) is 179 cm³/mol. The second-order valence-electron chi connectivity index (χ2n) is 12.1. The number of rotatable bonds is 13. The van der Waals surface area contributed by atoms with E-state index in [0.717, 1.165) is 40.4 Å². The maximum absolute atomic E-state index is 14.6. The first-order chi connectivity index (χ1) is 24.0. The van der Waals surface area contributed by atoms with Gasteiger partial charge in [-0.15, -0.1) is 0 Å². The van der Waals surface area contributed by atoms with Gasteiger partial charge in [0, 0.05) is 35.7 Å². The highest BCUT2D eigenvalue weighted by molar-refractivity contribution is 6.30. The molecular weight excluding hydrogens is 677 g/mol. The van der Waals surface area contributed by atoms with Crippen LogP contribution in [0.4, 0.5) is 18.0 Å². The number of halogens is 4. The molecule has 3 aromatic rings. The molecule has 0 aliphatic carbocycles. The van der Waals surface area contributed by atoms with Crippen molar-refractivity contribution in [3.63, 3.8) is 0 Å². The summed E-state index contributed by atoms with van der Waals surface area (Å²) < 4.78 is 59.4. The third kappa shape index (κ3) is 7.59. The Hall–Kier alpha value is -4.59. The molecule has 2 aliphatic heterocycles. The van der Waals surface area contributed by atoms with Crippen LogP contribution in [0.15, 0.2) is 71.9 Å². The molecule has 3 aromatic carbocycles. The van der Waals surface area contributed by atoms with Crippen LogP contribution in [0.2, 0.25) is 5.02 Å². The van der Waals surface area contributed by atoms with Gasteiger partial charge in [0.25, 0.3) is 0 Å². The third-order valence-electron chi connectivity index (χ3n) is 9.25. The Balaban J connectivity index is 1.37. The minimum atomic E-state index is -1.41. The number of esters is 1. The molecular formula is C36H38ClF3N4O6. The minimum absolute atomic E-state index is 0.0236. The molecule has 2 heterocycles. The zero-order chi connectivity index (χ0) is 36.0. The van der Waals surface area contributed by atoms with Gasteiger partial charge < -0.3 is 24.4 Å². The van der Waals surface area contributed by atoms with Gasteiger partial charge in [-0.25, -0.2) is 27.8 Å². The Labute approximate surface area is 293 Å². The Morgan fingerprint density at radius 2 is 1.68 bits per heavy atom. The summed E-state index contributed by atoms with van der Waals surface area (Å²) in [6, 6.07) is 12.5. The van der Waals surface area contributed by atoms with Crippen molar-refractivity contribution >= 4 is 30.0 Å². The van der Waals surface area contributed by atoms with E-state index in [-0.39, 0.29) is 35.8 Å². The lowest BCUT2D eigenvalue weighted by Gasteiger charge is -2.44. The van der Waals surface area contributed by atoms with E-state index in [9.17, 15) is 27.6 Å². The maximum Gasteiger partial charge on any atom is 0.341 e. The molecule has 1 N–H and O–H groups in total. The van der Waals surface area contributed by atoms with Gasteiger partial charge in [0.15, 0.2) is 0 Å². The van der Waals surface area contributed by atoms with E-state index in [4.69, 9.17) is 25.8 Å². The monoisotopic (exact) mass is 714 g/mol.